The average molecular weight is 300 g/mol. The van der Waals surface area contributed by atoms with E-state index in [-0.39, 0.29) is 0 Å². The molecule has 0 spiro atoms. The number of likely N-dealkylation sites (N-methyl/N-ethyl adjacent to an activating group) is 1. The zero-order valence-corrected chi connectivity index (χ0v) is 13.2. The van der Waals surface area contributed by atoms with Gasteiger partial charge < -0.3 is 9.80 Å². The summed E-state index contributed by atoms with van der Waals surface area (Å²) in [5, 5.41) is 4.26. The summed E-state index contributed by atoms with van der Waals surface area (Å²) in [6.45, 7) is 7.06. The molecule has 0 saturated carbocycles. The Kier molecular flexibility index (Phi) is 4.88. The molecule has 1 aliphatic rings. The molecule has 0 amide bonds. The fourth-order valence-corrected chi connectivity index (χ4v) is 2.90. The first kappa shape index (κ1) is 14.8. The Balaban J connectivity index is 1.68. The molecule has 1 aliphatic heterocycles. The summed E-state index contributed by atoms with van der Waals surface area (Å²) < 4.78 is 1.95. The third-order valence-corrected chi connectivity index (χ3v) is 4.18. The summed E-state index contributed by atoms with van der Waals surface area (Å²) in [6.07, 6.45) is 9.35. The van der Waals surface area contributed by atoms with Crippen molar-refractivity contribution in [2.45, 2.75) is 32.7 Å². The summed E-state index contributed by atoms with van der Waals surface area (Å²) in [5.41, 5.74) is 0. The van der Waals surface area contributed by atoms with Gasteiger partial charge >= 0.3 is 0 Å². The third-order valence-electron chi connectivity index (χ3n) is 4.18. The van der Waals surface area contributed by atoms with Crippen molar-refractivity contribution in [2.75, 3.05) is 36.0 Å². The number of rotatable bonds is 6. The van der Waals surface area contributed by atoms with Crippen molar-refractivity contribution in [3.05, 3.63) is 30.9 Å². The van der Waals surface area contributed by atoms with Crippen molar-refractivity contribution in [1.29, 1.82) is 0 Å². The van der Waals surface area contributed by atoms with Crippen LogP contribution in [0.4, 0.5) is 11.6 Å². The van der Waals surface area contributed by atoms with E-state index in [1.54, 1.807) is 6.33 Å². The lowest BCUT2D eigenvalue weighted by atomic mass is 10.1. The quantitative estimate of drug-likeness (QED) is 0.818. The SMILES string of the molecule is CCN(CCn1cccn1)c1cc(N2CCCCC2)ncn1. The van der Waals surface area contributed by atoms with Crippen LogP contribution in [0.3, 0.4) is 0 Å². The van der Waals surface area contributed by atoms with Gasteiger partial charge in [0.05, 0.1) is 6.54 Å². The highest BCUT2D eigenvalue weighted by atomic mass is 15.3. The Morgan fingerprint density at radius 2 is 2.05 bits per heavy atom. The molecule has 1 saturated heterocycles. The molecule has 3 rings (SSSR count). The van der Waals surface area contributed by atoms with Crippen LogP contribution in [0.25, 0.3) is 0 Å². The maximum atomic E-state index is 4.46. The van der Waals surface area contributed by atoms with Gasteiger partial charge in [-0.25, -0.2) is 9.97 Å². The number of hydrogen-bond acceptors (Lipinski definition) is 5. The van der Waals surface area contributed by atoms with E-state index in [0.29, 0.717) is 0 Å². The van der Waals surface area contributed by atoms with Crippen LogP contribution in [0, 0.1) is 0 Å². The molecule has 0 aromatic carbocycles. The van der Waals surface area contributed by atoms with Gasteiger partial charge in [-0.15, -0.1) is 0 Å². The lowest BCUT2D eigenvalue weighted by molar-refractivity contribution is 0.572. The molecule has 22 heavy (non-hydrogen) atoms. The zero-order chi connectivity index (χ0) is 15.2. The lowest BCUT2D eigenvalue weighted by Crippen LogP contribution is -2.31. The average Bonchev–Trinajstić information content (AvgIpc) is 3.10. The fraction of sp³-hybridized carbons (Fsp3) is 0.562. The molecule has 0 aliphatic carbocycles. The maximum Gasteiger partial charge on any atom is 0.134 e. The van der Waals surface area contributed by atoms with Crippen LogP contribution < -0.4 is 9.80 Å². The predicted octanol–water partition coefficient (Wildman–Crippen LogP) is 2.19. The molecule has 6 nitrogen and oxygen atoms in total. The summed E-state index contributed by atoms with van der Waals surface area (Å²) in [7, 11) is 0. The van der Waals surface area contributed by atoms with Crippen molar-refractivity contribution >= 4 is 11.6 Å². The minimum Gasteiger partial charge on any atom is -0.356 e. The molecule has 118 valence electrons. The standard InChI is InChI=1S/C16H24N6/c1-2-20(11-12-22-10-6-7-19-22)15-13-16(18-14-17-15)21-8-4-3-5-9-21/h6-7,10,13-14H,2-5,8-9,11-12H2,1H3. The van der Waals surface area contributed by atoms with E-state index < -0.39 is 0 Å². The van der Waals surface area contributed by atoms with E-state index in [1.165, 1.54) is 19.3 Å². The molecular formula is C16H24N6. The van der Waals surface area contributed by atoms with Crippen LogP contribution in [0.1, 0.15) is 26.2 Å². The molecule has 0 bridgehead atoms. The lowest BCUT2D eigenvalue weighted by Gasteiger charge is -2.29. The second kappa shape index (κ2) is 7.24. The van der Waals surface area contributed by atoms with E-state index in [2.05, 4.69) is 37.9 Å². The molecule has 2 aromatic heterocycles. The third kappa shape index (κ3) is 3.55. The molecule has 0 unspecified atom stereocenters. The van der Waals surface area contributed by atoms with Crippen LogP contribution in [0.2, 0.25) is 0 Å². The number of hydrogen-bond donors (Lipinski definition) is 0. The number of nitrogens with zero attached hydrogens (tertiary/aromatic N) is 6. The summed E-state index contributed by atoms with van der Waals surface area (Å²) in [5.74, 6) is 2.06. The molecule has 0 atom stereocenters. The summed E-state index contributed by atoms with van der Waals surface area (Å²) >= 11 is 0. The first-order valence-electron chi connectivity index (χ1n) is 8.16. The van der Waals surface area contributed by atoms with Crippen LogP contribution >= 0.6 is 0 Å². The normalized spacial score (nSPS) is 15.0. The highest BCUT2D eigenvalue weighted by Gasteiger charge is 2.14. The van der Waals surface area contributed by atoms with Gasteiger partial charge in [0.2, 0.25) is 0 Å². The van der Waals surface area contributed by atoms with E-state index in [9.17, 15) is 0 Å². The minimum absolute atomic E-state index is 0.865. The summed E-state index contributed by atoms with van der Waals surface area (Å²) in [6, 6.07) is 4.08. The van der Waals surface area contributed by atoms with Gasteiger partial charge in [0.25, 0.3) is 0 Å². The molecular weight excluding hydrogens is 276 g/mol. The van der Waals surface area contributed by atoms with E-state index >= 15 is 0 Å². The Hall–Kier alpha value is -2.11. The Morgan fingerprint density at radius 3 is 2.77 bits per heavy atom. The Bertz CT molecular complexity index is 562. The second-order valence-corrected chi connectivity index (χ2v) is 5.63. The van der Waals surface area contributed by atoms with Gasteiger partial charge in [-0.05, 0) is 32.3 Å². The highest BCUT2D eigenvalue weighted by Crippen LogP contribution is 2.21. The Morgan fingerprint density at radius 1 is 1.18 bits per heavy atom. The van der Waals surface area contributed by atoms with Gasteiger partial charge in [-0.2, -0.15) is 5.10 Å². The molecule has 0 N–H and O–H groups in total. The van der Waals surface area contributed by atoms with Gasteiger partial charge in [0.1, 0.15) is 18.0 Å². The summed E-state index contributed by atoms with van der Waals surface area (Å²) in [4.78, 5) is 13.6. The number of anilines is 2. The van der Waals surface area contributed by atoms with Crippen molar-refractivity contribution in [3.8, 4) is 0 Å². The highest BCUT2D eigenvalue weighted by molar-refractivity contribution is 5.50. The Labute approximate surface area is 131 Å². The van der Waals surface area contributed by atoms with E-state index in [4.69, 9.17) is 0 Å². The fourth-order valence-electron chi connectivity index (χ4n) is 2.90. The van der Waals surface area contributed by atoms with Gasteiger partial charge in [-0.3, -0.25) is 4.68 Å². The first-order chi connectivity index (χ1) is 10.9. The van der Waals surface area contributed by atoms with Gasteiger partial charge in [-0.1, -0.05) is 0 Å². The van der Waals surface area contributed by atoms with Crippen LogP contribution in [0.5, 0.6) is 0 Å². The maximum absolute atomic E-state index is 4.46. The zero-order valence-electron chi connectivity index (χ0n) is 13.2. The van der Waals surface area contributed by atoms with Crippen molar-refractivity contribution in [1.82, 2.24) is 19.7 Å². The molecule has 1 fully saturated rings. The van der Waals surface area contributed by atoms with Crippen molar-refractivity contribution < 1.29 is 0 Å². The van der Waals surface area contributed by atoms with E-state index in [1.807, 2.05) is 23.1 Å². The molecule has 3 heterocycles. The van der Waals surface area contributed by atoms with Crippen LogP contribution in [0.15, 0.2) is 30.9 Å². The minimum atomic E-state index is 0.865. The van der Waals surface area contributed by atoms with Crippen LogP contribution in [-0.2, 0) is 6.54 Å². The second-order valence-electron chi connectivity index (χ2n) is 5.63. The number of aromatic nitrogens is 4. The van der Waals surface area contributed by atoms with Gasteiger partial charge in [0.15, 0.2) is 0 Å². The van der Waals surface area contributed by atoms with Crippen molar-refractivity contribution in [3.63, 3.8) is 0 Å². The molecule has 2 aromatic rings. The monoisotopic (exact) mass is 300 g/mol. The largest absolute Gasteiger partial charge is 0.356 e. The predicted molar refractivity (Wildman–Crippen MR) is 88.2 cm³/mol. The smallest absolute Gasteiger partial charge is 0.134 e. The first-order valence-corrected chi connectivity index (χ1v) is 8.16. The number of piperidine rings is 1. The van der Waals surface area contributed by atoms with Crippen molar-refractivity contribution in [2.24, 2.45) is 0 Å². The topological polar surface area (TPSA) is 50.1 Å². The van der Waals surface area contributed by atoms with E-state index in [0.717, 1.165) is 44.4 Å². The van der Waals surface area contributed by atoms with Crippen LogP contribution in [-0.4, -0.2) is 45.9 Å². The van der Waals surface area contributed by atoms with Gasteiger partial charge in [0, 0.05) is 44.6 Å². The molecule has 0 radical (unpaired) electrons. The molecule has 6 heteroatoms.